The van der Waals surface area contributed by atoms with Crippen LogP contribution in [-0.2, 0) is 0 Å². The minimum atomic E-state index is -4.19. The Hall–Kier alpha value is -4.55. The van der Waals surface area contributed by atoms with Crippen molar-refractivity contribution >= 4 is 11.4 Å². The van der Waals surface area contributed by atoms with E-state index in [1.165, 1.54) is 11.0 Å². The molecule has 37 heavy (non-hydrogen) atoms. The second-order valence-corrected chi connectivity index (χ2v) is 9.14. The number of hydrogen-bond acceptors (Lipinski definition) is 6. The number of aryl methyl sites for hydroxylation is 1. The van der Waals surface area contributed by atoms with Gasteiger partial charge >= 0.3 is 6.18 Å². The summed E-state index contributed by atoms with van der Waals surface area (Å²) in [5.41, 5.74) is 10.4. The summed E-state index contributed by atoms with van der Waals surface area (Å²) in [6.45, 7) is 1.94. The number of carbonyl (C=O) groups is 1. The van der Waals surface area contributed by atoms with Gasteiger partial charge in [-0.3, -0.25) is 4.79 Å². The molecule has 13 heteroatoms. The number of alkyl halides is 3. The van der Waals surface area contributed by atoms with E-state index in [9.17, 15) is 18.0 Å². The Morgan fingerprint density at radius 1 is 1.05 bits per heavy atom. The van der Waals surface area contributed by atoms with Gasteiger partial charge in [-0.1, -0.05) is 12.1 Å². The number of amides is 1. The maximum Gasteiger partial charge on any atom is 0.391 e. The molecule has 5 aromatic rings. The van der Waals surface area contributed by atoms with Crippen molar-refractivity contribution in [1.82, 2.24) is 39.6 Å². The molecule has 2 N–H and O–H groups in total. The minimum Gasteiger partial charge on any atom is -0.365 e. The minimum absolute atomic E-state index is 0.0411. The average Bonchev–Trinajstić information content (AvgIpc) is 3.56. The summed E-state index contributed by atoms with van der Waals surface area (Å²) >= 11 is 0. The van der Waals surface area contributed by atoms with Crippen LogP contribution in [-0.4, -0.2) is 51.7 Å². The molecule has 0 aliphatic heterocycles. The molecule has 0 unspecified atom stereocenters. The summed E-state index contributed by atoms with van der Waals surface area (Å²) in [6.07, 6.45) is 2.47. The van der Waals surface area contributed by atoms with Crippen LogP contribution in [0.1, 0.15) is 34.8 Å². The van der Waals surface area contributed by atoms with Crippen molar-refractivity contribution in [2.24, 2.45) is 11.7 Å². The van der Waals surface area contributed by atoms with E-state index in [1.807, 2.05) is 43.5 Å². The fraction of sp³-hybridized carbons (Fsp3) is 0.250. The smallest absolute Gasteiger partial charge is 0.365 e. The Labute approximate surface area is 207 Å². The number of primary amides is 1. The van der Waals surface area contributed by atoms with Gasteiger partial charge in [0.15, 0.2) is 0 Å². The van der Waals surface area contributed by atoms with Crippen LogP contribution in [0.15, 0.2) is 55.1 Å². The average molecular weight is 507 g/mol. The molecule has 0 spiro atoms. The molecule has 1 fully saturated rings. The quantitative estimate of drug-likeness (QED) is 0.387. The van der Waals surface area contributed by atoms with Crippen LogP contribution < -0.4 is 5.73 Å². The van der Waals surface area contributed by atoms with E-state index < -0.39 is 24.0 Å². The lowest BCUT2D eigenvalue weighted by Gasteiger charge is -2.35. The van der Waals surface area contributed by atoms with Gasteiger partial charge in [0.1, 0.15) is 0 Å². The topological polar surface area (TPSA) is 122 Å². The van der Waals surface area contributed by atoms with Crippen molar-refractivity contribution in [3.8, 4) is 28.2 Å². The fourth-order valence-electron chi connectivity index (χ4n) is 4.49. The first-order valence-electron chi connectivity index (χ1n) is 11.5. The van der Waals surface area contributed by atoms with Crippen LogP contribution in [0, 0.1) is 12.8 Å². The largest absolute Gasteiger partial charge is 0.391 e. The molecule has 188 valence electrons. The molecule has 1 aliphatic rings. The Kier molecular flexibility index (Phi) is 5.10. The van der Waals surface area contributed by atoms with Crippen molar-refractivity contribution in [2.75, 3.05) is 0 Å². The van der Waals surface area contributed by atoms with Crippen molar-refractivity contribution in [2.45, 2.75) is 32.0 Å². The molecule has 1 aromatic carbocycles. The molecule has 4 aromatic heterocycles. The molecule has 0 radical (unpaired) electrons. The molecular formula is C24H20F3N9O. The molecule has 0 atom stereocenters. The molecule has 1 aliphatic carbocycles. The number of nitrogens with two attached hydrogens (primary N) is 1. The first-order chi connectivity index (χ1) is 17.7. The molecule has 4 heterocycles. The van der Waals surface area contributed by atoms with Crippen LogP contribution in [0.5, 0.6) is 0 Å². The predicted octanol–water partition coefficient (Wildman–Crippen LogP) is 3.76. The highest BCUT2D eigenvalue weighted by atomic mass is 19.4. The molecule has 1 amide bonds. The maximum atomic E-state index is 12.8. The molecule has 0 saturated heterocycles. The lowest BCUT2D eigenvalue weighted by atomic mass is 9.80. The van der Waals surface area contributed by atoms with Gasteiger partial charge in [-0.05, 0) is 54.3 Å². The highest BCUT2D eigenvalue weighted by Gasteiger charge is 2.49. The normalized spacial score (nSPS) is 17.7. The second kappa shape index (κ2) is 8.25. The van der Waals surface area contributed by atoms with Crippen molar-refractivity contribution < 1.29 is 18.0 Å². The Bertz CT molecular complexity index is 1640. The van der Waals surface area contributed by atoms with Crippen LogP contribution in [0.2, 0.25) is 0 Å². The number of rotatable bonds is 5. The zero-order chi connectivity index (χ0) is 25.9. The monoisotopic (exact) mass is 507 g/mol. The molecule has 10 nitrogen and oxygen atoms in total. The van der Waals surface area contributed by atoms with E-state index in [4.69, 9.17) is 5.73 Å². The Balaban J connectivity index is 1.27. The number of tetrazole rings is 1. The van der Waals surface area contributed by atoms with Gasteiger partial charge in [-0.15, -0.1) is 10.2 Å². The number of hydrogen-bond donors (Lipinski definition) is 1. The van der Waals surface area contributed by atoms with E-state index >= 15 is 0 Å². The van der Waals surface area contributed by atoms with Crippen molar-refractivity contribution in [1.29, 1.82) is 0 Å². The lowest BCUT2D eigenvalue weighted by molar-refractivity contribution is -0.203. The molecule has 6 rings (SSSR count). The SMILES string of the molecule is Cc1ccc(-c2nnn(C3CC(C(F)(F)F)C3)n2)cc1-n1cc(-c2ccn3ncc(C(N)=O)c3c2)cn1. The van der Waals surface area contributed by atoms with Crippen LogP contribution in [0.4, 0.5) is 13.2 Å². The number of benzene rings is 1. The van der Waals surface area contributed by atoms with Crippen molar-refractivity contribution in [3.63, 3.8) is 0 Å². The molecule has 0 bridgehead atoms. The third-order valence-corrected chi connectivity index (χ3v) is 6.75. The van der Waals surface area contributed by atoms with Gasteiger partial charge < -0.3 is 5.73 Å². The second-order valence-electron chi connectivity index (χ2n) is 9.14. The zero-order valence-electron chi connectivity index (χ0n) is 19.5. The summed E-state index contributed by atoms with van der Waals surface area (Å²) in [5.74, 6) is -1.54. The first-order valence-corrected chi connectivity index (χ1v) is 11.5. The van der Waals surface area contributed by atoms with Gasteiger partial charge in [0.25, 0.3) is 5.91 Å². The number of nitrogens with zero attached hydrogens (tertiary/aromatic N) is 8. The van der Waals surface area contributed by atoms with Crippen LogP contribution in [0.25, 0.3) is 33.7 Å². The summed E-state index contributed by atoms with van der Waals surface area (Å²) in [5, 5.41) is 21.0. The maximum absolute atomic E-state index is 12.8. The molecular weight excluding hydrogens is 487 g/mol. The number of carbonyl (C=O) groups excluding carboxylic acids is 1. The third-order valence-electron chi connectivity index (χ3n) is 6.75. The number of aromatic nitrogens is 8. The van der Waals surface area contributed by atoms with Gasteiger partial charge in [0.05, 0.1) is 41.1 Å². The van der Waals surface area contributed by atoms with Crippen LogP contribution in [0.3, 0.4) is 0 Å². The summed E-state index contributed by atoms with van der Waals surface area (Å²) < 4.78 is 41.8. The van der Waals surface area contributed by atoms with E-state index in [-0.39, 0.29) is 12.8 Å². The number of fused-ring (bicyclic) bond motifs is 1. The zero-order valence-corrected chi connectivity index (χ0v) is 19.5. The lowest BCUT2D eigenvalue weighted by Crippen LogP contribution is -2.37. The van der Waals surface area contributed by atoms with Crippen LogP contribution >= 0.6 is 0 Å². The third kappa shape index (κ3) is 4.01. The van der Waals surface area contributed by atoms with E-state index in [0.29, 0.717) is 22.5 Å². The summed E-state index contributed by atoms with van der Waals surface area (Å²) in [4.78, 5) is 13.0. The van der Waals surface area contributed by atoms with E-state index in [1.54, 1.807) is 21.6 Å². The van der Waals surface area contributed by atoms with E-state index in [2.05, 4.69) is 25.6 Å². The van der Waals surface area contributed by atoms with Gasteiger partial charge in [-0.25, -0.2) is 9.20 Å². The van der Waals surface area contributed by atoms with E-state index in [0.717, 1.165) is 22.4 Å². The first kappa shape index (κ1) is 22.9. The van der Waals surface area contributed by atoms with Crippen molar-refractivity contribution in [3.05, 3.63) is 66.2 Å². The predicted molar refractivity (Wildman–Crippen MR) is 126 cm³/mol. The highest BCUT2D eigenvalue weighted by molar-refractivity contribution is 6.00. The van der Waals surface area contributed by atoms with Gasteiger partial charge in [0.2, 0.25) is 5.82 Å². The van der Waals surface area contributed by atoms with Gasteiger partial charge in [0, 0.05) is 23.5 Å². The van der Waals surface area contributed by atoms with Gasteiger partial charge in [-0.2, -0.15) is 28.2 Å². The Morgan fingerprint density at radius 2 is 1.86 bits per heavy atom. The fourth-order valence-corrected chi connectivity index (χ4v) is 4.49. The number of pyridine rings is 1. The number of halogens is 3. The summed E-state index contributed by atoms with van der Waals surface area (Å²) in [6, 6.07) is 8.87. The Morgan fingerprint density at radius 3 is 2.62 bits per heavy atom. The summed E-state index contributed by atoms with van der Waals surface area (Å²) in [7, 11) is 0. The molecule has 1 saturated carbocycles. The standard InChI is InChI=1S/C24H20F3N9O/c1-13-2-3-15(23-31-33-36(32-23)18-8-17(9-18)24(25,26)27)7-20(13)35-12-16(10-29-35)14-4-5-34-21(6-14)19(11-30-34)22(28)37/h2-7,10-12,17-18H,8-9H2,1H3,(H2,28,37). The highest BCUT2D eigenvalue weighted by Crippen LogP contribution is 2.46.